The normalized spacial score (nSPS) is 15.8. The number of hydrogen-bond acceptors (Lipinski definition) is 3. The number of ether oxygens (including phenoxy) is 2. The van der Waals surface area contributed by atoms with Gasteiger partial charge in [-0.3, -0.25) is 4.99 Å². The average Bonchev–Trinajstić information content (AvgIpc) is 3.13. The second-order valence-electron chi connectivity index (χ2n) is 7.13. The van der Waals surface area contributed by atoms with E-state index in [1.54, 1.807) is 13.1 Å². The summed E-state index contributed by atoms with van der Waals surface area (Å²) in [6.45, 7) is 7.31. The van der Waals surface area contributed by atoms with Gasteiger partial charge in [-0.25, -0.2) is 4.39 Å². The molecule has 2 N–H and O–H groups in total. The summed E-state index contributed by atoms with van der Waals surface area (Å²) in [4.78, 5) is 4.31. The predicted molar refractivity (Wildman–Crippen MR) is 123 cm³/mol. The number of halogens is 2. The Bertz CT molecular complexity index is 607. The number of rotatable bonds is 10. The van der Waals surface area contributed by atoms with Crippen molar-refractivity contribution in [2.24, 2.45) is 10.4 Å². The molecule has 1 fully saturated rings. The second-order valence-corrected chi connectivity index (χ2v) is 7.13. The zero-order chi connectivity index (χ0) is 19.5. The van der Waals surface area contributed by atoms with Crippen molar-refractivity contribution in [3.05, 3.63) is 29.6 Å². The fourth-order valence-electron chi connectivity index (χ4n) is 3.68. The summed E-state index contributed by atoms with van der Waals surface area (Å²) in [7, 11) is 1.76. The summed E-state index contributed by atoms with van der Waals surface area (Å²) in [5.41, 5.74) is 1.14. The van der Waals surface area contributed by atoms with E-state index in [1.807, 2.05) is 19.9 Å². The van der Waals surface area contributed by atoms with Crippen molar-refractivity contribution >= 4 is 29.9 Å². The van der Waals surface area contributed by atoms with Crippen LogP contribution in [0.4, 0.5) is 4.39 Å². The van der Waals surface area contributed by atoms with Crippen LogP contribution in [0.2, 0.25) is 0 Å². The topological polar surface area (TPSA) is 54.9 Å². The maximum absolute atomic E-state index is 14.0. The van der Waals surface area contributed by atoms with E-state index in [0.717, 1.165) is 37.7 Å². The molecule has 0 atom stereocenters. The SMILES string of the molecule is CCOCCC1(CNC(=NC)NCc2ccc(OCC)c(F)c2)CCCC1.I. The third kappa shape index (κ3) is 7.73. The number of nitrogens with one attached hydrogen (secondary N) is 2. The van der Waals surface area contributed by atoms with Gasteiger partial charge in [0.05, 0.1) is 6.61 Å². The highest BCUT2D eigenvalue weighted by atomic mass is 127. The number of guanidine groups is 1. The zero-order valence-electron chi connectivity index (χ0n) is 17.4. The van der Waals surface area contributed by atoms with Crippen molar-refractivity contribution in [1.82, 2.24) is 10.6 Å². The lowest BCUT2D eigenvalue weighted by molar-refractivity contribution is 0.105. The zero-order valence-corrected chi connectivity index (χ0v) is 19.7. The summed E-state index contributed by atoms with van der Waals surface area (Å²) < 4.78 is 24.8. The Labute approximate surface area is 185 Å². The lowest BCUT2D eigenvalue weighted by Crippen LogP contribution is -2.43. The molecule has 160 valence electrons. The summed E-state index contributed by atoms with van der Waals surface area (Å²) in [6, 6.07) is 5.05. The van der Waals surface area contributed by atoms with Gasteiger partial charge in [-0.1, -0.05) is 18.9 Å². The van der Waals surface area contributed by atoms with E-state index >= 15 is 0 Å². The first-order valence-electron chi connectivity index (χ1n) is 10.1. The molecular formula is C21H35FIN3O2. The standard InChI is InChI=1S/C21H34FN3O2.HI/c1-4-26-13-12-21(10-6-7-11-21)16-25-20(23-3)24-15-17-8-9-19(27-5-2)18(22)14-17;/h8-9,14H,4-7,10-13,15-16H2,1-3H3,(H2,23,24,25);1H. The quantitative estimate of drug-likeness (QED) is 0.212. The number of hydrogen-bond donors (Lipinski definition) is 2. The lowest BCUT2D eigenvalue weighted by Gasteiger charge is -2.30. The summed E-state index contributed by atoms with van der Waals surface area (Å²) in [5, 5.41) is 6.73. The Morgan fingerprint density at radius 3 is 2.54 bits per heavy atom. The molecule has 0 aromatic heterocycles. The van der Waals surface area contributed by atoms with E-state index in [9.17, 15) is 4.39 Å². The molecule has 0 aliphatic heterocycles. The van der Waals surface area contributed by atoms with E-state index in [0.29, 0.717) is 18.9 Å². The van der Waals surface area contributed by atoms with Gasteiger partial charge in [0, 0.05) is 33.4 Å². The second kappa shape index (κ2) is 13.2. The van der Waals surface area contributed by atoms with Gasteiger partial charge in [-0.15, -0.1) is 24.0 Å². The van der Waals surface area contributed by atoms with Gasteiger partial charge < -0.3 is 20.1 Å². The molecule has 0 radical (unpaired) electrons. The minimum atomic E-state index is -0.333. The Kier molecular flexibility index (Phi) is 11.8. The molecule has 7 heteroatoms. The highest BCUT2D eigenvalue weighted by Crippen LogP contribution is 2.40. The van der Waals surface area contributed by atoms with Gasteiger partial charge in [0.1, 0.15) is 0 Å². The van der Waals surface area contributed by atoms with Crippen LogP contribution < -0.4 is 15.4 Å². The Morgan fingerprint density at radius 2 is 1.93 bits per heavy atom. The van der Waals surface area contributed by atoms with E-state index in [2.05, 4.69) is 15.6 Å². The van der Waals surface area contributed by atoms with Gasteiger partial charge in [0.15, 0.2) is 17.5 Å². The highest BCUT2D eigenvalue weighted by Gasteiger charge is 2.33. The van der Waals surface area contributed by atoms with Crippen LogP contribution >= 0.6 is 24.0 Å². The first kappa shape index (κ1) is 24.9. The minimum Gasteiger partial charge on any atom is -0.491 e. The molecule has 1 aliphatic rings. The molecule has 1 aromatic rings. The van der Waals surface area contributed by atoms with Crippen LogP contribution in [0.3, 0.4) is 0 Å². The van der Waals surface area contributed by atoms with E-state index < -0.39 is 0 Å². The van der Waals surface area contributed by atoms with Gasteiger partial charge in [-0.2, -0.15) is 0 Å². The Hall–Kier alpha value is -1.09. The van der Waals surface area contributed by atoms with E-state index in [4.69, 9.17) is 9.47 Å². The molecule has 28 heavy (non-hydrogen) atoms. The molecule has 0 saturated heterocycles. The van der Waals surface area contributed by atoms with Crippen LogP contribution in [0, 0.1) is 11.2 Å². The van der Waals surface area contributed by atoms with Crippen molar-refractivity contribution in [3.8, 4) is 5.75 Å². The summed E-state index contributed by atoms with van der Waals surface area (Å²) in [6.07, 6.45) is 6.11. The molecule has 1 saturated carbocycles. The largest absolute Gasteiger partial charge is 0.491 e. The van der Waals surface area contributed by atoms with Crippen LogP contribution in [0.1, 0.15) is 51.5 Å². The highest BCUT2D eigenvalue weighted by molar-refractivity contribution is 14.0. The van der Waals surface area contributed by atoms with Crippen LogP contribution in [-0.2, 0) is 11.3 Å². The van der Waals surface area contributed by atoms with Crippen molar-refractivity contribution < 1.29 is 13.9 Å². The van der Waals surface area contributed by atoms with Crippen LogP contribution in [0.15, 0.2) is 23.2 Å². The van der Waals surface area contributed by atoms with Crippen LogP contribution in [0.25, 0.3) is 0 Å². The van der Waals surface area contributed by atoms with Gasteiger partial charge in [0.2, 0.25) is 0 Å². The fourth-order valence-corrected chi connectivity index (χ4v) is 3.68. The monoisotopic (exact) mass is 507 g/mol. The average molecular weight is 507 g/mol. The summed E-state index contributed by atoms with van der Waals surface area (Å²) in [5.74, 6) is 0.702. The Morgan fingerprint density at radius 1 is 1.18 bits per heavy atom. The maximum atomic E-state index is 14.0. The van der Waals surface area contributed by atoms with Crippen molar-refractivity contribution in [2.75, 3.05) is 33.4 Å². The first-order valence-corrected chi connectivity index (χ1v) is 10.1. The number of benzene rings is 1. The van der Waals surface area contributed by atoms with Gasteiger partial charge in [0.25, 0.3) is 0 Å². The first-order chi connectivity index (χ1) is 13.1. The minimum absolute atomic E-state index is 0. The fraction of sp³-hybridized carbons (Fsp3) is 0.667. The number of aliphatic imine (C=N–C) groups is 1. The molecule has 0 unspecified atom stereocenters. The lowest BCUT2D eigenvalue weighted by atomic mass is 9.83. The molecule has 0 amide bonds. The van der Waals surface area contributed by atoms with Gasteiger partial charge in [-0.05, 0) is 56.2 Å². The molecule has 5 nitrogen and oxygen atoms in total. The molecule has 2 rings (SSSR count). The molecule has 1 aliphatic carbocycles. The van der Waals surface area contributed by atoms with Crippen molar-refractivity contribution in [3.63, 3.8) is 0 Å². The predicted octanol–water partition coefficient (Wildman–Crippen LogP) is 4.49. The third-order valence-electron chi connectivity index (χ3n) is 5.26. The maximum Gasteiger partial charge on any atom is 0.191 e. The van der Waals surface area contributed by atoms with E-state index in [1.165, 1.54) is 31.7 Å². The van der Waals surface area contributed by atoms with Crippen molar-refractivity contribution in [2.45, 2.75) is 52.5 Å². The van der Waals surface area contributed by atoms with Crippen molar-refractivity contribution in [1.29, 1.82) is 0 Å². The van der Waals surface area contributed by atoms with E-state index in [-0.39, 0.29) is 35.2 Å². The molecule has 0 spiro atoms. The number of nitrogens with zero attached hydrogens (tertiary/aromatic N) is 1. The summed E-state index contributed by atoms with van der Waals surface area (Å²) >= 11 is 0. The molecule has 0 bridgehead atoms. The molecule has 1 aromatic carbocycles. The van der Waals surface area contributed by atoms with Crippen LogP contribution in [0.5, 0.6) is 5.75 Å². The molecular weight excluding hydrogens is 472 g/mol. The third-order valence-corrected chi connectivity index (χ3v) is 5.26. The van der Waals surface area contributed by atoms with Crippen LogP contribution in [-0.4, -0.2) is 39.4 Å². The smallest absolute Gasteiger partial charge is 0.191 e. The van der Waals surface area contributed by atoms with Gasteiger partial charge >= 0.3 is 0 Å². The molecule has 0 heterocycles. The Balaban J connectivity index is 0.00000392.